The average Bonchev–Trinajstić information content (AvgIpc) is 3.49. The molecule has 30 heavy (non-hydrogen) atoms. The molecule has 0 aliphatic heterocycles. The number of benzene rings is 1. The Bertz CT molecular complexity index is 1210. The van der Waals surface area contributed by atoms with E-state index < -0.39 is 0 Å². The molecule has 0 unspecified atom stereocenters. The number of nitrogens with zero attached hydrogens (tertiary/aromatic N) is 4. The lowest BCUT2D eigenvalue weighted by Crippen LogP contribution is -2.11. The van der Waals surface area contributed by atoms with E-state index in [4.69, 9.17) is 9.26 Å². The number of carbonyl (C=O) groups excluding carboxylic acids is 1. The van der Waals surface area contributed by atoms with Crippen molar-refractivity contribution in [1.29, 1.82) is 0 Å². The van der Waals surface area contributed by atoms with Crippen LogP contribution in [0.1, 0.15) is 28.5 Å². The molecule has 0 bridgehead atoms. The number of nitrogens with one attached hydrogen (secondary N) is 1. The van der Waals surface area contributed by atoms with E-state index in [1.807, 2.05) is 44.5 Å². The summed E-state index contributed by atoms with van der Waals surface area (Å²) in [5.41, 5.74) is 4.83. The van der Waals surface area contributed by atoms with Gasteiger partial charge in [-0.3, -0.25) is 14.8 Å². The third-order valence-electron chi connectivity index (χ3n) is 4.73. The first-order chi connectivity index (χ1) is 14.5. The number of ether oxygens (including phenoxy) is 1. The zero-order valence-corrected chi connectivity index (χ0v) is 17.9. The first kappa shape index (κ1) is 19.8. The number of aromatic nitrogens is 4. The molecule has 0 radical (unpaired) electrons. The molecule has 0 saturated carbocycles. The topological polar surface area (TPSA) is 95.1 Å². The number of thiazole rings is 1. The predicted octanol–water partition coefficient (Wildman–Crippen LogP) is 4.56. The quantitative estimate of drug-likeness (QED) is 0.488. The van der Waals surface area contributed by atoms with Crippen LogP contribution < -0.4 is 10.1 Å². The molecule has 1 N–H and O–H groups in total. The van der Waals surface area contributed by atoms with Crippen molar-refractivity contribution in [2.75, 3.05) is 12.4 Å². The maximum atomic E-state index is 12.6. The lowest BCUT2D eigenvalue weighted by atomic mass is 10.0. The molecular weight excluding hydrogens is 402 g/mol. The van der Waals surface area contributed by atoms with Gasteiger partial charge < -0.3 is 9.26 Å². The van der Waals surface area contributed by atoms with Gasteiger partial charge in [-0.2, -0.15) is 5.10 Å². The molecule has 9 heteroatoms. The Labute approximate surface area is 177 Å². The van der Waals surface area contributed by atoms with Crippen molar-refractivity contribution < 1.29 is 14.1 Å². The molecule has 0 spiro atoms. The van der Waals surface area contributed by atoms with Crippen molar-refractivity contribution in [3.63, 3.8) is 0 Å². The number of aryl methyl sites for hydroxylation is 3. The van der Waals surface area contributed by atoms with Crippen molar-refractivity contribution >= 4 is 22.4 Å². The molecule has 0 aliphatic carbocycles. The molecule has 0 atom stereocenters. The molecule has 0 saturated heterocycles. The standard InChI is InChI=1S/C21H21N5O3S/c1-5-26-10-14(9-22-26)19-8-16(25-29-19)20(27)24-21-23-17(11-30-21)15-6-13(3)18(28-4)7-12(15)2/h6-11H,5H2,1-4H3,(H,23,24,27). The van der Waals surface area contributed by atoms with Crippen LogP contribution in [0.25, 0.3) is 22.6 Å². The van der Waals surface area contributed by atoms with Gasteiger partial charge in [0.2, 0.25) is 0 Å². The van der Waals surface area contributed by atoms with Gasteiger partial charge in [-0.05, 0) is 44.0 Å². The third-order valence-corrected chi connectivity index (χ3v) is 5.48. The third kappa shape index (κ3) is 3.84. The fraction of sp³-hybridized carbons (Fsp3) is 0.238. The van der Waals surface area contributed by atoms with Gasteiger partial charge in [0.05, 0.1) is 24.6 Å². The summed E-state index contributed by atoms with van der Waals surface area (Å²) in [5, 5.41) is 13.3. The summed E-state index contributed by atoms with van der Waals surface area (Å²) in [6, 6.07) is 5.62. The lowest BCUT2D eigenvalue weighted by Gasteiger charge is -2.09. The fourth-order valence-electron chi connectivity index (χ4n) is 3.08. The summed E-state index contributed by atoms with van der Waals surface area (Å²) in [7, 11) is 1.66. The smallest absolute Gasteiger partial charge is 0.279 e. The Hall–Kier alpha value is -3.46. The van der Waals surface area contributed by atoms with Gasteiger partial charge >= 0.3 is 0 Å². The van der Waals surface area contributed by atoms with Gasteiger partial charge in [0.1, 0.15) is 5.75 Å². The molecule has 8 nitrogen and oxygen atoms in total. The van der Waals surface area contributed by atoms with Crippen molar-refractivity contribution in [2.45, 2.75) is 27.3 Å². The normalized spacial score (nSPS) is 10.9. The van der Waals surface area contributed by atoms with Crippen LogP contribution in [-0.4, -0.2) is 32.9 Å². The van der Waals surface area contributed by atoms with Crippen LogP contribution in [0.2, 0.25) is 0 Å². The SMILES string of the molecule is CCn1cc(-c2cc(C(=O)Nc3nc(-c4cc(C)c(OC)cc4C)cs3)no2)cn1. The number of methoxy groups -OCH3 is 1. The Morgan fingerprint density at radius 1 is 1.27 bits per heavy atom. The first-order valence-corrected chi connectivity index (χ1v) is 10.3. The van der Waals surface area contributed by atoms with Crippen LogP contribution in [0.15, 0.2) is 40.5 Å². The highest BCUT2D eigenvalue weighted by Gasteiger charge is 2.17. The summed E-state index contributed by atoms with van der Waals surface area (Å²) >= 11 is 1.36. The van der Waals surface area contributed by atoms with E-state index in [1.54, 1.807) is 24.1 Å². The van der Waals surface area contributed by atoms with Crippen LogP contribution in [-0.2, 0) is 6.54 Å². The van der Waals surface area contributed by atoms with Gasteiger partial charge in [0.15, 0.2) is 16.6 Å². The van der Waals surface area contributed by atoms with E-state index in [0.29, 0.717) is 10.9 Å². The average molecular weight is 423 g/mol. The van der Waals surface area contributed by atoms with Crippen LogP contribution in [0, 0.1) is 13.8 Å². The van der Waals surface area contributed by atoms with Crippen LogP contribution in [0.3, 0.4) is 0 Å². The first-order valence-electron chi connectivity index (χ1n) is 9.40. The summed E-state index contributed by atoms with van der Waals surface area (Å²) < 4.78 is 12.4. The van der Waals surface area contributed by atoms with E-state index in [1.165, 1.54) is 11.3 Å². The number of anilines is 1. The van der Waals surface area contributed by atoms with Crippen molar-refractivity contribution in [3.05, 3.63) is 52.8 Å². The summed E-state index contributed by atoms with van der Waals surface area (Å²) in [5.74, 6) is 0.951. The molecule has 0 aliphatic rings. The highest BCUT2D eigenvalue weighted by atomic mass is 32.1. The van der Waals surface area contributed by atoms with E-state index >= 15 is 0 Å². The Kier molecular flexibility index (Phi) is 5.37. The number of amides is 1. The summed E-state index contributed by atoms with van der Waals surface area (Å²) in [6.45, 7) is 6.74. The maximum absolute atomic E-state index is 12.6. The van der Waals surface area contributed by atoms with E-state index in [2.05, 4.69) is 20.6 Å². The van der Waals surface area contributed by atoms with Gasteiger partial charge in [0.25, 0.3) is 5.91 Å². The number of rotatable bonds is 6. The minimum atomic E-state index is -0.378. The maximum Gasteiger partial charge on any atom is 0.279 e. The molecule has 3 heterocycles. The Morgan fingerprint density at radius 3 is 2.83 bits per heavy atom. The number of hydrogen-bond acceptors (Lipinski definition) is 7. The lowest BCUT2D eigenvalue weighted by molar-refractivity contribution is 0.101. The zero-order valence-electron chi connectivity index (χ0n) is 17.1. The number of carbonyl (C=O) groups is 1. The van der Waals surface area contributed by atoms with E-state index in [-0.39, 0.29) is 11.6 Å². The molecule has 4 rings (SSSR count). The minimum absolute atomic E-state index is 0.183. The summed E-state index contributed by atoms with van der Waals surface area (Å²) in [4.78, 5) is 17.1. The molecule has 1 amide bonds. The van der Waals surface area contributed by atoms with Gasteiger partial charge in [-0.1, -0.05) is 5.16 Å². The van der Waals surface area contributed by atoms with E-state index in [0.717, 1.165) is 40.2 Å². The Morgan fingerprint density at radius 2 is 2.10 bits per heavy atom. The summed E-state index contributed by atoms with van der Waals surface area (Å²) in [6.07, 6.45) is 3.52. The van der Waals surface area contributed by atoms with Gasteiger partial charge in [-0.25, -0.2) is 4.98 Å². The van der Waals surface area contributed by atoms with Crippen LogP contribution >= 0.6 is 11.3 Å². The second kappa shape index (κ2) is 8.11. The van der Waals surface area contributed by atoms with Gasteiger partial charge in [0, 0.05) is 29.8 Å². The van der Waals surface area contributed by atoms with Crippen LogP contribution in [0.4, 0.5) is 5.13 Å². The monoisotopic (exact) mass is 423 g/mol. The van der Waals surface area contributed by atoms with Crippen LogP contribution in [0.5, 0.6) is 5.75 Å². The molecule has 154 valence electrons. The van der Waals surface area contributed by atoms with Crippen molar-refractivity contribution in [2.24, 2.45) is 0 Å². The van der Waals surface area contributed by atoms with E-state index in [9.17, 15) is 4.79 Å². The molecule has 0 fully saturated rings. The highest BCUT2D eigenvalue weighted by molar-refractivity contribution is 7.14. The Balaban J connectivity index is 1.50. The van der Waals surface area contributed by atoms with Gasteiger partial charge in [-0.15, -0.1) is 11.3 Å². The van der Waals surface area contributed by atoms with Crippen molar-refractivity contribution in [1.82, 2.24) is 19.9 Å². The molecule has 3 aromatic heterocycles. The second-order valence-corrected chi connectivity index (χ2v) is 7.65. The highest BCUT2D eigenvalue weighted by Crippen LogP contribution is 2.32. The number of hydrogen-bond donors (Lipinski definition) is 1. The fourth-order valence-corrected chi connectivity index (χ4v) is 3.79. The zero-order chi connectivity index (χ0) is 21.3. The largest absolute Gasteiger partial charge is 0.496 e. The van der Waals surface area contributed by atoms with Crippen molar-refractivity contribution in [3.8, 4) is 28.3 Å². The molecule has 4 aromatic rings. The predicted molar refractivity (Wildman–Crippen MR) is 115 cm³/mol. The second-order valence-electron chi connectivity index (χ2n) is 6.79. The molecular formula is C21H21N5O3S. The molecule has 1 aromatic carbocycles. The minimum Gasteiger partial charge on any atom is -0.496 e.